The van der Waals surface area contributed by atoms with Gasteiger partial charge in [-0.25, -0.2) is 0 Å². The lowest BCUT2D eigenvalue weighted by Crippen LogP contribution is -2.54. The van der Waals surface area contributed by atoms with Crippen molar-refractivity contribution < 1.29 is 26.7 Å². The first kappa shape index (κ1) is 16.1. The number of carbonyl (C=O) groups is 1. The fraction of sp³-hybridized carbons (Fsp3) is 0.889. The first-order valence-corrected chi connectivity index (χ1v) is 4.98. The van der Waals surface area contributed by atoms with E-state index in [4.69, 9.17) is 5.73 Å². The topological polar surface area (TPSA) is 55.1 Å². The highest BCUT2D eigenvalue weighted by molar-refractivity contribution is 5.84. The molecule has 1 atom stereocenters. The van der Waals surface area contributed by atoms with E-state index in [0.717, 1.165) is 0 Å². The zero-order chi connectivity index (χ0) is 13.9. The van der Waals surface area contributed by atoms with E-state index in [-0.39, 0.29) is 18.9 Å². The first-order chi connectivity index (χ1) is 7.52. The molecule has 3 N–H and O–H groups in total. The molecule has 3 nitrogen and oxygen atoms in total. The van der Waals surface area contributed by atoms with Crippen molar-refractivity contribution in [3.8, 4) is 0 Å². The zero-order valence-corrected chi connectivity index (χ0v) is 9.44. The van der Waals surface area contributed by atoms with Crippen LogP contribution < -0.4 is 11.1 Å². The summed E-state index contributed by atoms with van der Waals surface area (Å²) >= 11 is 0. The molecule has 0 saturated carbocycles. The Kier molecular flexibility index (Phi) is 5.31. The van der Waals surface area contributed by atoms with Crippen LogP contribution in [0.2, 0.25) is 0 Å². The molecule has 0 aromatic carbocycles. The summed E-state index contributed by atoms with van der Waals surface area (Å²) in [5.74, 6) is -7.73. The summed E-state index contributed by atoms with van der Waals surface area (Å²) in [6, 6.07) is -0.893. The number of alkyl halides is 5. The van der Waals surface area contributed by atoms with Gasteiger partial charge in [0.25, 0.3) is 0 Å². The van der Waals surface area contributed by atoms with Crippen molar-refractivity contribution in [3.05, 3.63) is 0 Å². The molecular formula is C9H15F5N2O. The van der Waals surface area contributed by atoms with Gasteiger partial charge in [0.15, 0.2) is 0 Å². The summed E-state index contributed by atoms with van der Waals surface area (Å²) in [5, 5.41) is 1.61. The largest absolute Gasteiger partial charge is 0.463 e. The molecule has 1 unspecified atom stereocenters. The highest BCUT2D eigenvalue weighted by Crippen LogP contribution is 2.35. The standard InChI is InChI=1S/C9H15F5N2O/c1-5(2)3-6(4-15)16-7(17)8(10,11)9(12,13)14/h5-6H,3-4,15H2,1-2H3,(H,16,17). The van der Waals surface area contributed by atoms with Gasteiger partial charge in [-0.15, -0.1) is 0 Å². The van der Waals surface area contributed by atoms with Gasteiger partial charge in [-0.1, -0.05) is 13.8 Å². The molecule has 0 spiro atoms. The molecule has 0 bridgehead atoms. The summed E-state index contributed by atoms with van der Waals surface area (Å²) < 4.78 is 60.7. The van der Waals surface area contributed by atoms with Gasteiger partial charge >= 0.3 is 18.0 Å². The number of carbonyl (C=O) groups excluding carboxylic acids is 1. The van der Waals surface area contributed by atoms with E-state index in [9.17, 15) is 26.7 Å². The monoisotopic (exact) mass is 262 g/mol. The average molecular weight is 262 g/mol. The van der Waals surface area contributed by atoms with Gasteiger partial charge in [-0.3, -0.25) is 4.79 Å². The van der Waals surface area contributed by atoms with Gasteiger partial charge in [0.1, 0.15) is 0 Å². The van der Waals surface area contributed by atoms with Crippen molar-refractivity contribution in [3.63, 3.8) is 0 Å². The van der Waals surface area contributed by atoms with E-state index in [2.05, 4.69) is 0 Å². The van der Waals surface area contributed by atoms with Crippen LogP contribution in [-0.2, 0) is 4.79 Å². The number of halogens is 5. The number of hydrogen-bond acceptors (Lipinski definition) is 2. The molecule has 0 aliphatic heterocycles. The molecule has 102 valence electrons. The lowest BCUT2D eigenvalue weighted by molar-refractivity contribution is -0.270. The van der Waals surface area contributed by atoms with Gasteiger partial charge in [0.2, 0.25) is 0 Å². The second-order valence-corrected chi connectivity index (χ2v) is 4.11. The summed E-state index contributed by atoms with van der Waals surface area (Å²) in [6.45, 7) is 3.27. The lowest BCUT2D eigenvalue weighted by atomic mass is 10.0. The van der Waals surface area contributed by atoms with E-state index in [0.29, 0.717) is 0 Å². The summed E-state index contributed by atoms with van der Waals surface area (Å²) in [6.07, 6.45) is -5.66. The van der Waals surface area contributed by atoms with Crippen molar-refractivity contribution in [2.45, 2.75) is 38.4 Å². The van der Waals surface area contributed by atoms with Crippen LogP contribution in [0.15, 0.2) is 0 Å². The Balaban J connectivity index is 4.62. The average Bonchev–Trinajstić information content (AvgIpc) is 2.13. The normalized spacial score (nSPS) is 14.9. The van der Waals surface area contributed by atoms with Crippen molar-refractivity contribution in [1.29, 1.82) is 0 Å². The number of nitrogens with one attached hydrogen (secondary N) is 1. The van der Waals surface area contributed by atoms with Crippen LogP contribution in [0.4, 0.5) is 22.0 Å². The molecule has 0 aromatic heterocycles. The van der Waals surface area contributed by atoms with Crippen molar-refractivity contribution in [1.82, 2.24) is 5.32 Å². The molecule has 8 heteroatoms. The van der Waals surface area contributed by atoms with Crippen LogP contribution in [0.3, 0.4) is 0 Å². The third kappa shape index (κ3) is 4.45. The second-order valence-electron chi connectivity index (χ2n) is 4.11. The van der Waals surface area contributed by atoms with Gasteiger partial charge in [-0.05, 0) is 12.3 Å². The fourth-order valence-electron chi connectivity index (χ4n) is 1.19. The lowest BCUT2D eigenvalue weighted by Gasteiger charge is -2.23. The maximum atomic E-state index is 12.6. The van der Waals surface area contributed by atoms with Gasteiger partial charge in [0, 0.05) is 12.6 Å². The molecule has 0 rings (SSSR count). The molecule has 0 aromatic rings. The number of rotatable bonds is 5. The Labute approximate surface area is 95.5 Å². The minimum Gasteiger partial charge on any atom is -0.347 e. The minimum absolute atomic E-state index is 0.0170. The number of nitrogens with two attached hydrogens (primary N) is 1. The third-order valence-electron chi connectivity index (χ3n) is 2.02. The first-order valence-electron chi connectivity index (χ1n) is 4.98. The van der Waals surface area contributed by atoms with Gasteiger partial charge in [0.05, 0.1) is 0 Å². The molecule has 1 amide bonds. The third-order valence-corrected chi connectivity index (χ3v) is 2.02. The van der Waals surface area contributed by atoms with Crippen LogP contribution in [0.1, 0.15) is 20.3 Å². The van der Waals surface area contributed by atoms with E-state index in [1.54, 1.807) is 19.2 Å². The Bertz CT molecular complexity index is 265. The molecule has 0 radical (unpaired) electrons. The maximum Gasteiger partial charge on any atom is 0.463 e. The maximum absolute atomic E-state index is 12.6. The zero-order valence-electron chi connectivity index (χ0n) is 9.44. The predicted molar refractivity (Wildman–Crippen MR) is 51.4 cm³/mol. The number of amides is 1. The summed E-state index contributed by atoms with van der Waals surface area (Å²) in [7, 11) is 0. The Hall–Kier alpha value is -0.920. The quantitative estimate of drug-likeness (QED) is 0.740. The van der Waals surface area contributed by atoms with E-state index >= 15 is 0 Å². The summed E-state index contributed by atoms with van der Waals surface area (Å²) in [5.41, 5.74) is 5.18. The number of hydrogen-bond donors (Lipinski definition) is 2. The van der Waals surface area contributed by atoms with E-state index in [1.807, 2.05) is 0 Å². The van der Waals surface area contributed by atoms with Crippen LogP contribution in [0, 0.1) is 5.92 Å². The van der Waals surface area contributed by atoms with Crippen molar-refractivity contribution >= 4 is 5.91 Å². The molecular weight excluding hydrogens is 247 g/mol. The smallest absolute Gasteiger partial charge is 0.347 e. The van der Waals surface area contributed by atoms with Crippen LogP contribution in [0.5, 0.6) is 0 Å². The summed E-state index contributed by atoms with van der Waals surface area (Å²) in [4.78, 5) is 10.8. The SMILES string of the molecule is CC(C)CC(CN)NC(=O)C(F)(F)C(F)(F)F. The fourth-order valence-corrected chi connectivity index (χ4v) is 1.19. The van der Waals surface area contributed by atoms with E-state index in [1.165, 1.54) is 0 Å². The molecule has 17 heavy (non-hydrogen) atoms. The van der Waals surface area contributed by atoms with Gasteiger partial charge < -0.3 is 11.1 Å². The van der Waals surface area contributed by atoms with Gasteiger partial charge in [-0.2, -0.15) is 22.0 Å². The Morgan fingerprint density at radius 2 is 1.71 bits per heavy atom. The van der Waals surface area contributed by atoms with E-state index < -0.39 is 24.0 Å². The van der Waals surface area contributed by atoms with Crippen molar-refractivity contribution in [2.24, 2.45) is 11.7 Å². The van der Waals surface area contributed by atoms with Crippen LogP contribution >= 0.6 is 0 Å². The Morgan fingerprint density at radius 3 is 2.00 bits per heavy atom. The molecule has 0 heterocycles. The highest BCUT2D eigenvalue weighted by atomic mass is 19.4. The van der Waals surface area contributed by atoms with Crippen molar-refractivity contribution in [2.75, 3.05) is 6.54 Å². The minimum atomic E-state index is -5.89. The molecule has 0 aliphatic rings. The second kappa shape index (κ2) is 5.61. The molecule has 0 saturated heterocycles. The van der Waals surface area contributed by atoms with Crippen LogP contribution in [0.25, 0.3) is 0 Å². The van der Waals surface area contributed by atoms with Crippen LogP contribution in [-0.4, -0.2) is 30.6 Å². The molecule has 0 aliphatic carbocycles. The predicted octanol–water partition coefficient (Wildman–Crippen LogP) is 1.67. The Morgan fingerprint density at radius 1 is 1.24 bits per heavy atom. The molecule has 0 fully saturated rings. The highest BCUT2D eigenvalue weighted by Gasteiger charge is 2.63.